The summed E-state index contributed by atoms with van der Waals surface area (Å²) in [6.45, 7) is 4.55. The zero-order chi connectivity index (χ0) is 24.5. The third-order valence-corrected chi connectivity index (χ3v) is 5.97. The van der Waals surface area contributed by atoms with E-state index >= 15 is 0 Å². The number of carbonyl (C=O) groups is 1. The standard InChI is InChI=1S/C25H24N8O3/c1-16-15-20(33(31-16)32-11-13-35-14-12-32)24-29-30-25(36-24)28-22-23(34)26-19-10-6-5-9-18(19)21(27-22)17-7-3-2-4-8-17/h2-10,15,22H,11-14H2,1H3,(H,26,34)(H,28,30)/t22-/m1/s1. The first-order chi connectivity index (χ1) is 17.7. The number of benzene rings is 2. The van der Waals surface area contributed by atoms with Gasteiger partial charge in [0.25, 0.3) is 11.8 Å². The van der Waals surface area contributed by atoms with Crippen LogP contribution in [0.5, 0.6) is 0 Å². The highest BCUT2D eigenvalue weighted by atomic mass is 16.5. The number of hydrogen-bond donors (Lipinski definition) is 2. The van der Waals surface area contributed by atoms with Crippen LogP contribution in [0, 0.1) is 6.92 Å². The summed E-state index contributed by atoms with van der Waals surface area (Å²) in [5.74, 6) is -0.0449. The number of para-hydroxylation sites is 1. The maximum absolute atomic E-state index is 13.1. The van der Waals surface area contributed by atoms with Gasteiger partial charge in [-0.3, -0.25) is 9.80 Å². The molecular formula is C25H24N8O3. The Hall–Kier alpha value is -4.51. The number of amides is 1. The van der Waals surface area contributed by atoms with Crippen molar-refractivity contribution < 1.29 is 13.9 Å². The van der Waals surface area contributed by atoms with E-state index in [1.165, 1.54) is 0 Å². The largest absolute Gasteiger partial charge is 0.402 e. The van der Waals surface area contributed by atoms with E-state index in [9.17, 15) is 4.79 Å². The molecule has 1 saturated heterocycles. The molecule has 2 N–H and O–H groups in total. The lowest BCUT2D eigenvalue weighted by molar-refractivity contribution is -0.116. The molecule has 4 heterocycles. The van der Waals surface area contributed by atoms with Gasteiger partial charge in [0.05, 0.1) is 43.4 Å². The molecule has 0 bridgehead atoms. The van der Waals surface area contributed by atoms with Crippen LogP contribution in [0.15, 0.2) is 70.1 Å². The van der Waals surface area contributed by atoms with Crippen LogP contribution in [-0.4, -0.2) is 64.2 Å². The lowest BCUT2D eigenvalue weighted by Gasteiger charge is -2.29. The molecule has 2 aromatic heterocycles. The Balaban J connectivity index is 1.31. The smallest absolute Gasteiger partial charge is 0.317 e. The molecular weight excluding hydrogens is 460 g/mol. The van der Waals surface area contributed by atoms with E-state index in [0.29, 0.717) is 43.4 Å². The average molecular weight is 485 g/mol. The van der Waals surface area contributed by atoms with Crippen molar-refractivity contribution in [3.8, 4) is 11.6 Å². The lowest BCUT2D eigenvalue weighted by Crippen LogP contribution is -2.44. The highest BCUT2D eigenvalue weighted by Crippen LogP contribution is 2.26. The minimum atomic E-state index is -0.980. The third-order valence-electron chi connectivity index (χ3n) is 5.97. The van der Waals surface area contributed by atoms with Crippen LogP contribution < -0.4 is 15.6 Å². The van der Waals surface area contributed by atoms with Crippen LogP contribution in [-0.2, 0) is 9.53 Å². The molecule has 0 radical (unpaired) electrons. The number of rotatable bonds is 5. The molecule has 6 rings (SSSR count). The Morgan fingerprint density at radius 1 is 1.03 bits per heavy atom. The lowest BCUT2D eigenvalue weighted by atomic mass is 10.0. The number of carbonyl (C=O) groups excluding carboxylic acids is 1. The fraction of sp³-hybridized carbons (Fsp3) is 0.240. The fourth-order valence-electron chi connectivity index (χ4n) is 4.28. The summed E-state index contributed by atoms with van der Waals surface area (Å²) < 4.78 is 11.4. The van der Waals surface area contributed by atoms with E-state index in [0.717, 1.165) is 16.8 Å². The second-order valence-corrected chi connectivity index (χ2v) is 8.46. The van der Waals surface area contributed by atoms with Gasteiger partial charge in [0, 0.05) is 11.1 Å². The van der Waals surface area contributed by atoms with E-state index in [-0.39, 0.29) is 17.8 Å². The summed E-state index contributed by atoms with van der Waals surface area (Å²) >= 11 is 0. The topological polar surface area (TPSA) is 123 Å². The Morgan fingerprint density at radius 2 is 1.81 bits per heavy atom. The Morgan fingerprint density at radius 3 is 2.64 bits per heavy atom. The predicted octanol–water partition coefficient (Wildman–Crippen LogP) is 2.44. The predicted molar refractivity (Wildman–Crippen MR) is 134 cm³/mol. The normalized spacial score (nSPS) is 17.7. The van der Waals surface area contributed by atoms with Crippen LogP contribution in [0.4, 0.5) is 11.7 Å². The van der Waals surface area contributed by atoms with Crippen molar-refractivity contribution >= 4 is 23.3 Å². The van der Waals surface area contributed by atoms with Crippen molar-refractivity contribution in [1.82, 2.24) is 20.1 Å². The minimum Gasteiger partial charge on any atom is -0.402 e. The van der Waals surface area contributed by atoms with E-state index in [4.69, 9.17) is 14.1 Å². The molecule has 0 unspecified atom stereocenters. The highest BCUT2D eigenvalue weighted by Gasteiger charge is 2.28. The molecule has 2 aromatic carbocycles. The van der Waals surface area contributed by atoms with Gasteiger partial charge < -0.3 is 19.8 Å². The van der Waals surface area contributed by atoms with E-state index < -0.39 is 6.17 Å². The third kappa shape index (κ3) is 4.20. The molecule has 2 aliphatic heterocycles. The molecule has 4 aromatic rings. The van der Waals surface area contributed by atoms with Crippen LogP contribution >= 0.6 is 0 Å². The van der Waals surface area contributed by atoms with Crippen molar-refractivity contribution in [2.24, 2.45) is 4.99 Å². The van der Waals surface area contributed by atoms with Crippen molar-refractivity contribution in [2.75, 3.05) is 41.9 Å². The van der Waals surface area contributed by atoms with Gasteiger partial charge in [-0.1, -0.05) is 53.6 Å². The van der Waals surface area contributed by atoms with Gasteiger partial charge >= 0.3 is 6.01 Å². The first-order valence-corrected chi connectivity index (χ1v) is 11.7. The molecule has 0 saturated carbocycles. The number of fused-ring (bicyclic) bond motifs is 1. The quantitative estimate of drug-likeness (QED) is 0.443. The first-order valence-electron chi connectivity index (χ1n) is 11.7. The maximum atomic E-state index is 13.1. The summed E-state index contributed by atoms with van der Waals surface area (Å²) in [5.41, 5.74) is 4.58. The van der Waals surface area contributed by atoms with E-state index in [2.05, 4.69) is 30.9 Å². The van der Waals surface area contributed by atoms with Crippen molar-refractivity contribution in [1.29, 1.82) is 0 Å². The van der Waals surface area contributed by atoms with Crippen molar-refractivity contribution in [2.45, 2.75) is 13.1 Å². The monoisotopic (exact) mass is 484 g/mol. The molecule has 11 nitrogen and oxygen atoms in total. The molecule has 1 atom stereocenters. The molecule has 0 spiro atoms. The number of anilines is 2. The first kappa shape index (κ1) is 22.0. The molecule has 11 heteroatoms. The minimum absolute atomic E-state index is 0.0830. The fourth-order valence-corrected chi connectivity index (χ4v) is 4.28. The molecule has 36 heavy (non-hydrogen) atoms. The Kier molecular flexibility index (Phi) is 5.66. The number of ether oxygens (including phenoxy) is 1. The van der Waals surface area contributed by atoms with Gasteiger partial charge in [-0.15, -0.1) is 5.10 Å². The van der Waals surface area contributed by atoms with Crippen molar-refractivity contribution in [3.63, 3.8) is 0 Å². The molecule has 2 aliphatic rings. The summed E-state index contributed by atoms with van der Waals surface area (Å²) in [7, 11) is 0. The number of benzodiazepines with no additional fused rings is 1. The highest BCUT2D eigenvalue weighted by molar-refractivity contribution is 6.19. The zero-order valence-corrected chi connectivity index (χ0v) is 19.6. The van der Waals surface area contributed by atoms with Gasteiger partial charge in [-0.05, 0) is 19.1 Å². The second-order valence-electron chi connectivity index (χ2n) is 8.46. The van der Waals surface area contributed by atoms with Crippen LogP contribution in [0.25, 0.3) is 11.6 Å². The van der Waals surface area contributed by atoms with Crippen molar-refractivity contribution in [3.05, 3.63) is 77.5 Å². The number of aliphatic imine (C=N–C) groups is 1. The zero-order valence-electron chi connectivity index (χ0n) is 19.6. The number of morpholine rings is 1. The van der Waals surface area contributed by atoms with Gasteiger partial charge in [0.15, 0.2) is 0 Å². The number of nitrogens with zero attached hydrogens (tertiary/aromatic N) is 6. The molecule has 1 amide bonds. The number of nitrogens with one attached hydrogen (secondary N) is 2. The summed E-state index contributed by atoms with van der Waals surface area (Å²) in [6, 6.07) is 19.3. The molecule has 0 aliphatic carbocycles. The summed E-state index contributed by atoms with van der Waals surface area (Å²) in [6.07, 6.45) is -0.980. The van der Waals surface area contributed by atoms with E-state index in [1.807, 2.05) is 67.6 Å². The number of aromatic nitrogens is 4. The Labute approximate surface area is 206 Å². The van der Waals surface area contributed by atoms with Crippen LogP contribution in [0.2, 0.25) is 0 Å². The van der Waals surface area contributed by atoms with Gasteiger partial charge in [-0.25, -0.2) is 4.99 Å². The number of aryl methyl sites for hydroxylation is 1. The van der Waals surface area contributed by atoms with Gasteiger partial charge in [0.1, 0.15) is 5.69 Å². The number of hydrogen-bond acceptors (Lipinski definition) is 9. The van der Waals surface area contributed by atoms with Gasteiger partial charge in [0.2, 0.25) is 6.17 Å². The summed E-state index contributed by atoms with van der Waals surface area (Å²) in [4.78, 5) is 19.6. The van der Waals surface area contributed by atoms with Crippen LogP contribution in [0.1, 0.15) is 16.8 Å². The average Bonchev–Trinajstić information content (AvgIpc) is 3.51. The van der Waals surface area contributed by atoms with E-state index in [1.54, 1.807) is 4.79 Å². The summed E-state index contributed by atoms with van der Waals surface area (Å²) in [5, 5.41) is 20.9. The maximum Gasteiger partial charge on any atom is 0.317 e. The second kappa shape index (κ2) is 9.27. The molecule has 1 fully saturated rings. The van der Waals surface area contributed by atoms with Gasteiger partial charge in [-0.2, -0.15) is 9.89 Å². The van der Waals surface area contributed by atoms with Crippen LogP contribution in [0.3, 0.4) is 0 Å². The molecule has 182 valence electrons. The SMILES string of the molecule is Cc1cc(-c2nnc(N[C@H]3N=C(c4ccccc4)c4ccccc4NC3=O)o2)n(N2CCOCC2)n1. The Bertz CT molecular complexity index is 1420.